The molecule has 1 aromatic carbocycles. The number of para-hydroxylation sites is 1. The Morgan fingerprint density at radius 3 is 2.46 bits per heavy atom. The summed E-state index contributed by atoms with van der Waals surface area (Å²) in [6.07, 6.45) is 2.48. The molecule has 2 rings (SSSR count). The standard InChI is InChI=1S/C16H18ClN3O3S/c1-10(2)15-18-9-11(17)14(19-15)16(21)20(3)12-7-5-6-8-13(12)24(4,22)23/h5-10H,1-4H3. The third-order valence-corrected chi connectivity index (χ3v) is 4.83. The molecule has 0 aliphatic carbocycles. The minimum absolute atomic E-state index is 0.0300. The summed E-state index contributed by atoms with van der Waals surface area (Å²) in [4.78, 5) is 22.4. The molecule has 0 bridgehead atoms. The number of hydrogen-bond donors (Lipinski definition) is 0. The van der Waals surface area contributed by atoms with Crippen molar-refractivity contribution < 1.29 is 13.2 Å². The van der Waals surface area contributed by atoms with Crippen LogP contribution in [0.2, 0.25) is 5.02 Å². The molecule has 1 heterocycles. The number of carbonyl (C=O) groups excluding carboxylic acids is 1. The van der Waals surface area contributed by atoms with Crippen LogP contribution in [0.3, 0.4) is 0 Å². The zero-order chi connectivity index (χ0) is 18.1. The Balaban J connectivity index is 2.51. The quantitative estimate of drug-likeness (QED) is 0.829. The fourth-order valence-corrected chi connectivity index (χ4v) is 3.21. The molecule has 24 heavy (non-hydrogen) atoms. The number of sulfone groups is 1. The molecular weight excluding hydrogens is 350 g/mol. The van der Waals surface area contributed by atoms with E-state index in [4.69, 9.17) is 11.6 Å². The van der Waals surface area contributed by atoms with Crippen molar-refractivity contribution >= 4 is 33.0 Å². The van der Waals surface area contributed by atoms with Gasteiger partial charge in [0, 0.05) is 19.2 Å². The van der Waals surface area contributed by atoms with Gasteiger partial charge in [-0.05, 0) is 12.1 Å². The normalized spacial score (nSPS) is 11.6. The van der Waals surface area contributed by atoms with Gasteiger partial charge in [0.15, 0.2) is 15.5 Å². The minimum atomic E-state index is -3.49. The lowest BCUT2D eigenvalue weighted by molar-refractivity contribution is 0.0987. The first-order valence-electron chi connectivity index (χ1n) is 7.22. The number of amides is 1. The molecule has 0 fully saturated rings. The van der Waals surface area contributed by atoms with Gasteiger partial charge in [-0.1, -0.05) is 37.6 Å². The van der Waals surface area contributed by atoms with E-state index in [1.54, 1.807) is 18.2 Å². The van der Waals surface area contributed by atoms with Crippen molar-refractivity contribution in [3.8, 4) is 0 Å². The number of anilines is 1. The van der Waals surface area contributed by atoms with Gasteiger partial charge in [0.05, 0.1) is 21.8 Å². The summed E-state index contributed by atoms with van der Waals surface area (Å²) in [7, 11) is -2.00. The molecule has 0 atom stereocenters. The van der Waals surface area contributed by atoms with E-state index < -0.39 is 15.7 Å². The van der Waals surface area contributed by atoms with Crippen molar-refractivity contribution in [2.75, 3.05) is 18.2 Å². The summed E-state index contributed by atoms with van der Waals surface area (Å²) in [6.45, 7) is 3.81. The second kappa shape index (κ2) is 6.86. The van der Waals surface area contributed by atoms with E-state index in [1.807, 2.05) is 13.8 Å². The average molecular weight is 368 g/mol. The van der Waals surface area contributed by atoms with Crippen molar-refractivity contribution in [2.24, 2.45) is 0 Å². The highest BCUT2D eigenvalue weighted by molar-refractivity contribution is 7.90. The van der Waals surface area contributed by atoms with Crippen LogP contribution in [0.1, 0.15) is 36.1 Å². The van der Waals surface area contributed by atoms with Crippen LogP contribution in [0.15, 0.2) is 35.4 Å². The van der Waals surface area contributed by atoms with Crippen LogP contribution in [0.5, 0.6) is 0 Å². The second-order valence-corrected chi connectivity index (χ2v) is 8.07. The van der Waals surface area contributed by atoms with E-state index in [0.29, 0.717) is 5.82 Å². The molecule has 0 saturated carbocycles. The van der Waals surface area contributed by atoms with Crippen molar-refractivity contribution in [1.82, 2.24) is 9.97 Å². The van der Waals surface area contributed by atoms with E-state index in [9.17, 15) is 13.2 Å². The Kier molecular flexibility index (Phi) is 5.25. The van der Waals surface area contributed by atoms with Crippen molar-refractivity contribution in [2.45, 2.75) is 24.7 Å². The molecule has 0 saturated heterocycles. The molecular formula is C16H18ClN3O3S. The maximum Gasteiger partial charge on any atom is 0.278 e. The summed E-state index contributed by atoms with van der Waals surface area (Å²) >= 11 is 6.07. The highest BCUT2D eigenvalue weighted by Crippen LogP contribution is 2.26. The maximum absolute atomic E-state index is 12.8. The number of halogens is 1. The third kappa shape index (κ3) is 3.73. The molecule has 0 spiro atoms. The molecule has 1 amide bonds. The molecule has 6 nitrogen and oxygen atoms in total. The van der Waals surface area contributed by atoms with Crippen molar-refractivity contribution in [3.63, 3.8) is 0 Å². The van der Waals surface area contributed by atoms with E-state index in [2.05, 4.69) is 9.97 Å². The lowest BCUT2D eigenvalue weighted by Crippen LogP contribution is -2.29. The van der Waals surface area contributed by atoms with Gasteiger partial charge in [0.1, 0.15) is 5.82 Å². The lowest BCUT2D eigenvalue weighted by atomic mass is 10.2. The van der Waals surface area contributed by atoms with Crippen LogP contribution in [0.25, 0.3) is 0 Å². The Hall–Kier alpha value is -1.99. The zero-order valence-electron chi connectivity index (χ0n) is 13.8. The predicted octanol–water partition coefficient (Wildman–Crippen LogP) is 2.93. The average Bonchev–Trinajstić information content (AvgIpc) is 2.53. The van der Waals surface area contributed by atoms with Gasteiger partial charge in [0.25, 0.3) is 5.91 Å². The Morgan fingerprint density at radius 2 is 1.88 bits per heavy atom. The summed E-state index contributed by atoms with van der Waals surface area (Å²) in [5.41, 5.74) is 0.312. The Morgan fingerprint density at radius 1 is 1.25 bits per heavy atom. The number of rotatable bonds is 4. The highest BCUT2D eigenvalue weighted by atomic mass is 35.5. The van der Waals surface area contributed by atoms with Gasteiger partial charge in [-0.3, -0.25) is 4.79 Å². The molecule has 0 radical (unpaired) electrons. The first kappa shape index (κ1) is 18.4. The lowest BCUT2D eigenvalue weighted by Gasteiger charge is -2.20. The fraction of sp³-hybridized carbons (Fsp3) is 0.312. The smallest absolute Gasteiger partial charge is 0.278 e. The number of benzene rings is 1. The molecule has 128 valence electrons. The van der Waals surface area contributed by atoms with Crippen LogP contribution in [-0.4, -0.2) is 37.6 Å². The molecule has 2 aromatic rings. The number of hydrogen-bond acceptors (Lipinski definition) is 5. The van der Waals surface area contributed by atoms with Gasteiger partial charge in [-0.25, -0.2) is 18.4 Å². The molecule has 0 unspecified atom stereocenters. The zero-order valence-corrected chi connectivity index (χ0v) is 15.4. The maximum atomic E-state index is 12.8. The fourth-order valence-electron chi connectivity index (χ4n) is 2.12. The predicted molar refractivity (Wildman–Crippen MR) is 93.4 cm³/mol. The molecule has 0 N–H and O–H groups in total. The van der Waals surface area contributed by atoms with Gasteiger partial charge in [-0.2, -0.15) is 0 Å². The van der Waals surface area contributed by atoms with E-state index in [0.717, 1.165) is 6.26 Å². The highest BCUT2D eigenvalue weighted by Gasteiger charge is 2.24. The van der Waals surface area contributed by atoms with Crippen molar-refractivity contribution in [3.05, 3.63) is 47.0 Å². The van der Waals surface area contributed by atoms with Gasteiger partial charge in [0.2, 0.25) is 0 Å². The molecule has 8 heteroatoms. The molecule has 0 aliphatic heterocycles. The SMILES string of the molecule is CC(C)c1ncc(Cl)c(C(=O)N(C)c2ccccc2S(C)(=O)=O)n1. The van der Waals surface area contributed by atoms with E-state index in [-0.39, 0.29) is 27.2 Å². The number of carbonyl (C=O) groups is 1. The summed E-state index contributed by atoms with van der Waals surface area (Å²) < 4.78 is 23.9. The topological polar surface area (TPSA) is 80.2 Å². The van der Waals surface area contributed by atoms with E-state index in [1.165, 1.54) is 24.2 Å². The first-order chi connectivity index (χ1) is 11.1. The Bertz CT molecular complexity index is 882. The van der Waals surface area contributed by atoms with E-state index >= 15 is 0 Å². The first-order valence-corrected chi connectivity index (χ1v) is 9.49. The van der Waals surface area contributed by atoms with Gasteiger partial charge < -0.3 is 4.90 Å². The van der Waals surface area contributed by atoms with Crippen LogP contribution in [-0.2, 0) is 9.84 Å². The van der Waals surface area contributed by atoms with Gasteiger partial charge >= 0.3 is 0 Å². The summed E-state index contributed by atoms with van der Waals surface area (Å²) in [6, 6.07) is 6.28. The number of aromatic nitrogens is 2. The second-order valence-electron chi connectivity index (χ2n) is 5.68. The summed E-state index contributed by atoms with van der Waals surface area (Å²) in [5, 5.41) is 0.119. The minimum Gasteiger partial charge on any atom is -0.309 e. The molecule has 0 aliphatic rings. The van der Waals surface area contributed by atoms with Gasteiger partial charge in [-0.15, -0.1) is 0 Å². The van der Waals surface area contributed by atoms with Crippen LogP contribution < -0.4 is 4.90 Å². The monoisotopic (exact) mass is 367 g/mol. The third-order valence-electron chi connectivity index (χ3n) is 3.41. The van der Waals surface area contributed by atoms with Crippen LogP contribution >= 0.6 is 11.6 Å². The molecule has 1 aromatic heterocycles. The van der Waals surface area contributed by atoms with Crippen LogP contribution in [0, 0.1) is 0 Å². The number of nitrogens with zero attached hydrogens (tertiary/aromatic N) is 3. The van der Waals surface area contributed by atoms with Crippen LogP contribution in [0.4, 0.5) is 5.69 Å². The van der Waals surface area contributed by atoms with Crippen molar-refractivity contribution in [1.29, 1.82) is 0 Å². The largest absolute Gasteiger partial charge is 0.309 e. The Labute approximate surface area is 146 Å². The summed E-state index contributed by atoms with van der Waals surface area (Å²) in [5.74, 6) is 0.0235.